The fourth-order valence-corrected chi connectivity index (χ4v) is 8.15. The maximum absolute atomic E-state index is 15.1. The topological polar surface area (TPSA) is 253 Å². The highest BCUT2D eigenvalue weighted by molar-refractivity contribution is 7.70. The minimum Gasteiger partial charge on any atom is -0.456 e. The number of hydrogen-bond donors (Lipinski definition) is 6. The Morgan fingerprint density at radius 2 is 1.63 bits per heavy atom. The smallest absolute Gasteiger partial charge is 0.414 e. The first kappa shape index (κ1) is 39.4. The molecule has 4 rings (SSSR count). The van der Waals surface area contributed by atoms with Crippen LogP contribution in [0, 0.1) is 5.82 Å². The molecule has 278 valence electrons. The molecule has 0 spiro atoms. The van der Waals surface area contributed by atoms with Crippen LogP contribution in [0.1, 0.15) is 37.1 Å². The first-order chi connectivity index (χ1) is 23.9. The minimum atomic E-state index is -5.19. The number of amides is 4. The fraction of sp³-hybridized carbons (Fsp3) is 0.433. The largest absolute Gasteiger partial charge is 0.456 e. The van der Waals surface area contributed by atoms with Gasteiger partial charge in [0.2, 0.25) is 11.8 Å². The number of piperazine rings is 1. The molecule has 6 N–H and O–H groups in total. The lowest BCUT2D eigenvalue weighted by Crippen LogP contribution is -2.50. The van der Waals surface area contributed by atoms with Crippen LogP contribution in [0.25, 0.3) is 0 Å². The van der Waals surface area contributed by atoms with E-state index in [4.69, 9.17) is 9.47 Å². The first-order valence-corrected chi connectivity index (χ1v) is 19.0. The van der Waals surface area contributed by atoms with Gasteiger partial charge in [0.15, 0.2) is 12.0 Å². The van der Waals surface area contributed by atoms with Crippen molar-refractivity contribution in [3.05, 3.63) is 53.8 Å². The van der Waals surface area contributed by atoms with Crippen molar-refractivity contribution in [3.8, 4) is 0 Å². The van der Waals surface area contributed by atoms with Gasteiger partial charge in [-0.1, -0.05) is 12.1 Å². The molecule has 0 aromatic heterocycles. The normalized spacial score (nSPS) is 16.6. The molecule has 2 aromatic rings. The van der Waals surface area contributed by atoms with Gasteiger partial charge in [-0.05, 0) is 42.3 Å². The standard InChI is InChI=1S/C30H38FN5O13P2/c1-19(37)32-16-23-17-36(30(41)49-23)22-9-10-25(24(31)15-22)34-11-13-35(14-12-34)27(39)18-48-28(40)4-2-3-26(38)33-21-7-5-20(6-8-21)29(50(42,43)44)51(45,46)47/h5-10,15,23,29H,2-4,11-14,16-18H2,1H3,(H,32,37)(H,33,38)(H2,42,43,44)(H2,45,46,47)/t23-/m0/s1. The summed E-state index contributed by atoms with van der Waals surface area (Å²) in [5.41, 5.74) is 0.471. The summed E-state index contributed by atoms with van der Waals surface area (Å²) in [7, 11) is -10.4. The zero-order chi connectivity index (χ0) is 37.5. The van der Waals surface area contributed by atoms with Gasteiger partial charge < -0.3 is 49.5 Å². The van der Waals surface area contributed by atoms with Gasteiger partial charge in [-0.2, -0.15) is 0 Å². The number of ether oxygens (including phenoxy) is 2. The second-order valence-electron chi connectivity index (χ2n) is 11.8. The number of benzene rings is 2. The van der Waals surface area contributed by atoms with E-state index >= 15 is 4.39 Å². The molecule has 0 bridgehead atoms. The van der Waals surface area contributed by atoms with Crippen LogP contribution < -0.4 is 20.4 Å². The molecule has 2 aliphatic rings. The Morgan fingerprint density at radius 1 is 0.980 bits per heavy atom. The molecule has 0 saturated carbocycles. The van der Waals surface area contributed by atoms with Crippen molar-refractivity contribution < 1.29 is 66.5 Å². The van der Waals surface area contributed by atoms with Crippen molar-refractivity contribution in [3.63, 3.8) is 0 Å². The summed E-state index contributed by atoms with van der Waals surface area (Å²) in [5.74, 6) is -2.49. The first-order valence-electron chi connectivity index (χ1n) is 15.6. The van der Waals surface area contributed by atoms with Crippen LogP contribution in [0.2, 0.25) is 0 Å². The van der Waals surface area contributed by atoms with Crippen molar-refractivity contribution in [1.82, 2.24) is 10.2 Å². The molecule has 2 heterocycles. The Labute approximate surface area is 291 Å². The Hall–Kier alpha value is -4.38. The summed E-state index contributed by atoms with van der Waals surface area (Å²) in [6.45, 7) is 2.19. The van der Waals surface area contributed by atoms with Gasteiger partial charge >= 0.3 is 27.3 Å². The molecule has 4 amide bonds. The van der Waals surface area contributed by atoms with Gasteiger partial charge in [0.05, 0.1) is 24.5 Å². The zero-order valence-electron chi connectivity index (χ0n) is 27.3. The highest BCUT2D eigenvalue weighted by atomic mass is 31.2. The maximum Gasteiger partial charge on any atom is 0.414 e. The average molecular weight is 758 g/mol. The summed E-state index contributed by atoms with van der Waals surface area (Å²) in [6, 6.07) is 8.94. The number of nitrogens with zero attached hydrogens (tertiary/aromatic N) is 3. The van der Waals surface area contributed by atoms with E-state index in [1.807, 2.05) is 0 Å². The molecule has 21 heteroatoms. The number of esters is 1. The Bertz CT molecular complexity index is 1700. The van der Waals surface area contributed by atoms with Crippen molar-refractivity contribution in [2.24, 2.45) is 0 Å². The number of halogens is 1. The van der Waals surface area contributed by atoms with E-state index in [1.54, 1.807) is 11.0 Å². The van der Waals surface area contributed by atoms with Crippen LogP contribution in [0.15, 0.2) is 42.5 Å². The maximum atomic E-state index is 15.1. The lowest BCUT2D eigenvalue weighted by atomic mass is 10.2. The molecule has 1 atom stereocenters. The minimum absolute atomic E-state index is 0.0784. The molecule has 2 saturated heterocycles. The SMILES string of the molecule is CC(=O)NC[C@H]1CN(c2ccc(N3CCN(C(=O)COC(=O)CCCC(=O)Nc4ccc(C(P(=O)(O)O)P(=O)(O)O)cc4)CC3)c(F)c2)C(=O)O1. The summed E-state index contributed by atoms with van der Waals surface area (Å²) >= 11 is 0. The number of carbonyl (C=O) groups excluding carboxylic acids is 5. The van der Waals surface area contributed by atoms with Gasteiger partial charge in [0.25, 0.3) is 5.91 Å². The summed E-state index contributed by atoms with van der Waals surface area (Å²) in [6.07, 6.45) is -1.42. The highest BCUT2D eigenvalue weighted by Gasteiger charge is 2.44. The van der Waals surface area contributed by atoms with Crippen LogP contribution >= 0.6 is 15.2 Å². The van der Waals surface area contributed by atoms with E-state index in [2.05, 4.69) is 10.6 Å². The van der Waals surface area contributed by atoms with Gasteiger partial charge in [-0.25, -0.2) is 9.18 Å². The third-order valence-electron chi connectivity index (χ3n) is 7.94. The predicted octanol–water partition coefficient (Wildman–Crippen LogP) is 1.64. The van der Waals surface area contributed by atoms with Crippen molar-refractivity contribution in [1.29, 1.82) is 0 Å². The molecule has 18 nitrogen and oxygen atoms in total. The lowest BCUT2D eigenvalue weighted by molar-refractivity contribution is -0.152. The Balaban J connectivity index is 1.15. The van der Waals surface area contributed by atoms with Crippen molar-refractivity contribution in [2.45, 2.75) is 37.7 Å². The summed E-state index contributed by atoms with van der Waals surface area (Å²) < 4.78 is 48.5. The Morgan fingerprint density at radius 3 is 2.22 bits per heavy atom. The molecule has 51 heavy (non-hydrogen) atoms. The van der Waals surface area contributed by atoms with Crippen molar-refractivity contribution >= 4 is 62.0 Å². The van der Waals surface area contributed by atoms with E-state index in [9.17, 15) is 52.7 Å². The third kappa shape index (κ3) is 11.1. The van der Waals surface area contributed by atoms with E-state index in [0.29, 0.717) is 18.8 Å². The zero-order valence-corrected chi connectivity index (χ0v) is 29.1. The van der Waals surface area contributed by atoms with E-state index in [1.165, 1.54) is 41.0 Å². The van der Waals surface area contributed by atoms with Gasteiger partial charge in [0, 0.05) is 51.6 Å². The monoisotopic (exact) mass is 757 g/mol. The van der Waals surface area contributed by atoms with E-state index < -0.39 is 63.0 Å². The van der Waals surface area contributed by atoms with Gasteiger partial charge in [-0.15, -0.1) is 0 Å². The van der Waals surface area contributed by atoms with Crippen LogP contribution in [0.3, 0.4) is 0 Å². The molecular formula is C30H38FN5O13P2. The quantitative estimate of drug-likeness (QED) is 0.118. The molecule has 2 aromatic carbocycles. The number of nitrogens with one attached hydrogen (secondary N) is 2. The van der Waals surface area contributed by atoms with Crippen LogP contribution in [-0.2, 0) is 37.8 Å². The van der Waals surface area contributed by atoms with Crippen molar-refractivity contribution in [2.75, 3.05) is 61.0 Å². The molecule has 2 fully saturated rings. The lowest BCUT2D eigenvalue weighted by Gasteiger charge is -2.36. The predicted molar refractivity (Wildman–Crippen MR) is 178 cm³/mol. The number of carbonyl (C=O) groups is 5. The van der Waals surface area contributed by atoms with Crippen LogP contribution in [0.4, 0.5) is 26.2 Å². The van der Waals surface area contributed by atoms with E-state index in [-0.39, 0.29) is 68.3 Å². The van der Waals surface area contributed by atoms with Gasteiger partial charge in [0.1, 0.15) is 11.9 Å². The second kappa shape index (κ2) is 16.8. The average Bonchev–Trinajstić information content (AvgIpc) is 3.42. The Kier molecular flexibility index (Phi) is 12.9. The second-order valence-corrected chi connectivity index (χ2v) is 15.6. The molecule has 0 unspecified atom stereocenters. The number of hydrogen-bond acceptors (Lipinski definition) is 10. The van der Waals surface area contributed by atoms with Gasteiger partial charge in [-0.3, -0.25) is 33.2 Å². The molecule has 0 aliphatic carbocycles. The molecule has 0 radical (unpaired) electrons. The fourth-order valence-electron chi connectivity index (χ4n) is 5.46. The molecule has 2 aliphatic heterocycles. The number of rotatable bonds is 14. The summed E-state index contributed by atoms with van der Waals surface area (Å²) in [5, 5.41) is 2.74. The summed E-state index contributed by atoms with van der Waals surface area (Å²) in [4.78, 5) is 102. The highest BCUT2D eigenvalue weighted by Crippen LogP contribution is 2.69. The van der Waals surface area contributed by atoms with E-state index in [0.717, 1.165) is 12.1 Å². The third-order valence-corrected chi connectivity index (χ3v) is 11.6. The van der Waals surface area contributed by atoms with Crippen LogP contribution in [0.5, 0.6) is 0 Å². The number of cyclic esters (lactones) is 1. The number of anilines is 3. The van der Waals surface area contributed by atoms with Crippen LogP contribution in [-0.4, -0.2) is 106 Å². The molecular weight excluding hydrogens is 719 g/mol.